The maximum Gasteiger partial charge on any atom is 0.324 e. The largest absolute Gasteiger partial charge is 0.468 e. The summed E-state index contributed by atoms with van der Waals surface area (Å²) in [6.07, 6.45) is 0. The molecular formula is C14H15BrO4. The zero-order valence-corrected chi connectivity index (χ0v) is 12.6. The topological polar surface area (TPSA) is 52.6 Å². The molecule has 19 heavy (non-hydrogen) atoms. The van der Waals surface area contributed by atoms with Crippen LogP contribution in [0.1, 0.15) is 11.1 Å². The number of benzene rings is 1. The number of halogens is 1. The van der Waals surface area contributed by atoms with Gasteiger partial charge in [-0.2, -0.15) is 0 Å². The van der Waals surface area contributed by atoms with Gasteiger partial charge in [0.25, 0.3) is 0 Å². The van der Waals surface area contributed by atoms with Crippen molar-refractivity contribution in [3.8, 4) is 0 Å². The fourth-order valence-electron chi connectivity index (χ4n) is 1.62. The lowest BCUT2D eigenvalue weighted by Gasteiger charge is -2.16. The second-order valence-electron chi connectivity index (χ2n) is 3.91. The smallest absolute Gasteiger partial charge is 0.324 e. The Morgan fingerprint density at radius 3 is 1.95 bits per heavy atom. The van der Waals surface area contributed by atoms with E-state index in [2.05, 4.69) is 25.4 Å². The SMILES string of the molecule is COC(=O)C(C(=O)OC)/C(=C/Br)c1ccc(C)cc1. The number of esters is 2. The summed E-state index contributed by atoms with van der Waals surface area (Å²) >= 11 is 3.19. The Bertz CT molecular complexity index is 475. The van der Waals surface area contributed by atoms with E-state index in [0.717, 1.165) is 11.1 Å². The summed E-state index contributed by atoms with van der Waals surface area (Å²) in [6, 6.07) is 7.47. The quantitative estimate of drug-likeness (QED) is 0.630. The summed E-state index contributed by atoms with van der Waals surface area (Å²) in [5, 5.41) is 0. The predicted molar refractivity (Wildman–Crippen MR) is 75.6 cm³/mol. The molecule has 0 spiro atoms. The Morgan fingerprint density at radius 2 is 1.58 bits per heavy atom. The predicted octanol–water partition coefficient (Wildman–Crippen LogP) is 2.69. The van der Waals surface area contributed by atoms with Gasteiger partial charge in [0.1, 0.15) is 0 Å². The summed E-state index contributed by atoms with van der Waals surface area (Å²) in [7, 11) is 2.47. The summed E-state index contributed by atoms with van der Waals surface area (Å²) in [4.78, 5) is 25.1. The molecule has 1 aromatic carbocycles. The van der Waals surface area contributed by atoms with Crippen LogP contribution in [0.25, 0.3) is 5.57 Å². The molecule has 0 radical (unpaired) electrons. The van der Waals surface area contributed by atoms with Crippen LogP contribution in [0, 0.1) is 12.8 Å². The van der Waals surface area contributed by atoms with Gasteiger partial charge in [0.05, 0.1) is 14.2 Å². The minimum Gasteiger partial charge on any atom is -0.468 e. The maximum atomic E-state index is 11.8. The van der Waals surface area contributed by atoms with Crippen molar-refractivity contribution >= 4 is 33.4 Å². The maximum absolute atomic E-state index is 11.8. The number of aryl methyl sites for hydroxylation is 1. The Kier molecular flexibility index (Phi) is 5.76. The normalized spacial score (nSPS) is 11.3. The standard InChI is InChI=1S/C14H15BrO4/c1-9-4-6-10(7-5-9)11(8-15)12(13(16)18-2)14(17)19-3/h4-8,12H,1-3H3/b11-8+. The molecule has 0 aliphatic carbocycles. The van der Waals surface area contributed by atoms with Crippen LogP contribution in [0.4, 0.5) is 0 Å². The van der Waals surface area contributed by atoms with Crippen LogP contribution in [0.15, 0.2) is 29.3 Å². The molecule has 4 nitrogen and oxygen atoms in total. The van der Waals surface area contributed by atoms with Crippen LogP contribution in [0.5, 0.6) is 0 Å². The molecule has 1 aromatic rings. The first-order valence-corrected chi connectivity index (χ1v) is 6.49. The molecule has 1 rings (SSSR count). The van der Waals surface area contributed by atoms with Crippen molar-refractivity contribution < 1.29 is 19.1 Å². The van der Waals surface area contributed by atoms with Gasteiger partial charge in [-0.1, -0.05) is 45.8 Å². The van der Waals surface area contributed by atoms with Crippen molar-refractivity contribution in [1.29, 1.82) is 0 Å². The molecule has 0 atom stereocenters. The van der Waals surface area contributed by atoms with E-state index in [1.54, 1.807) is 0 Å². The lowest BCUT2D eigenvalue weighted by Crippen LogP contribution is -2.27. The van der Waals surface area contributed by atoms with E-state index >= 15 is 0 Å². The molecular weight excluding hydrogens is 312 g/mol. The fraction of sp³-hybridized carbons (Fsp3) is 0.286. The van der Waals surface area contributed by atoms with Gasteiger partial charge in [-0.15, -0.1) is 0 Å². The Hall–Kier alpha value is -1.62. The third-order valence-electron chi connectivity index (χ3n) is 2.69. The van der Waals surface area contributed by atoms with Gasteiger partial charge >= 0.3 is 11.9 Å². The molecule has 0 saturated carbocycles. The van der Waals surface area contributed by atoms with Crippen LogP contribution in [0.3, 0.4) is 0 Å². The highest BCUT2D eigenvalue weighted by molar-refractivity contribution is 9.11. The third-order valence-corrected chi connectivity index (χ3v) is 3.18. The molecule has 102 valence electrons. The highest BCUT2D eigenvalue weighted by Crippen LogP contribution is 2.27. The number of hydrogen-bond donors (Lipinski definition) is 0. The van der Waals surface area contributed by atoms with Crippen molar-refractivity contribution in [3.63, 3.8) is 0 Å². The van der Waals surface area contributed by atoms with Crippen LogP contribution in [-0.2, 0) is 19.1 Å². The van der Waals surface area contributed by atoms with Gasteiger partial charge in [-0.25, -0.2) is 0 Å². The summed E-state index contributed by atoms with van der Waals surface area (Å²) in [5.41, 5.74) is 2.34. The molecule has 0 heterocycles. The van der Waals surface area contributed by atoms with Crippen molar-refractivity contribution in [3.05, 3.63) is 40.4 Å². The minimum atomic E-state index is -1.10. The van der Waals surface area contributed by atoms with E-state index < -0.39 is 17.9 Å². The van der Waals surface area contributed by atoms with Gasteiger partial charge in [-0.05, 0) is 23.0 Å². The van der Waals surface area contributed by atoms with Crippen molar-refractivity contribution in [2.45, 2.75) is 6.92 Å². The fourth-order valence-corrected chi connectivity index (χ4v) is 2.15. The highest BCUT2D eigenvalue weighted by Gasteiger charge is 2.33. The Labute approximate surface area is 120 Å². The average Bonchev–Trinajstić information content (AvgIpc) is 2.44. The number of carbonyl (C=O) groups excluding carboxylic acids is 2. The molecule has 0 aliphatic rings. The Balaban J connectivity index is 3.21. The van der Waals surface area contributed by atoms with Gasteiger partial charge < -0.3 is 9.47 Å². The number of methoxy groups -OCH3 is 2. The second-order valence-corrected chi connectivity index (χ2v) is 4.37. The number of rotatable bonds is 4. The van der Waals surface area contributed by atoms with Crippen molar-refractivity contribution in [1.82, 2.24) is 0 Å². The van der Waals surface area contributed by atoms with Crippen LogP contribution < -0.4 is 0 Å². The van der Waals surface area contributed by atoms with E-state index in [4.69, 9.17) is 0 Å². The highest BCUT2D eigenvalue weighted by atomic mass is 79.9. The summed E-state index contributed by atoms with van der Waals surface area (Å²) in [5.74, 6) is -2.41. The molecule has 5 heteroatoms. The third kappa shape index (κ3) is 3.67. The molecule has 0 unspecified atom stereocenters. The van der Waals surface area contributed by atoms with E-state index in [1.807, 2.05) is 31.2 Å². The zero-order valence-electron chi connectivity index (χ0n) is 11.0. The van der Waals surface area contributed by atoms with E-state index in [0.29, 0.717) is 5.57 Å². The van der Waals surface area contributed by atoms with E-state index in [9.17, 15) is 9.59 Å². The number of ether oxygens (including phenoxy) is 2. The molecule has 0 fully saturated rings. The number of hydrogen-bond acceptors (Lipinski definition) is 4. The van der Waals surface area contributed by atoms with Gasteiger partial charge in [0, 0.05) is 0 Å². The first-order chi connectivity index (χ1) is 9.04. The lowest BCUT2D eigenvalue weighted by molar-refractivity contribution is -0.155. The molecule has 0 N–H and O–H groups in total. The molecule has 0 aromatic heterocycles. The molecule has 0 aliphatic heterocycles. The van der Waals surface area contributed by atoms with E-state index in [1.165, 1.54) is 19.2 Å². The summed E-state index contributed by atoms with van der Waals surface area (Å²) < 4.78 is 9.32. The molecule has 0 bridgehead atoms. The second kappa shape index (κ2) is 7.09. The summed E-state index contributed by atoms with van der Waals surface area (Å²) in [6.45, 7) is 1.96. The van der Waals surface area contributed by atoms with Crippen molar-refractivity contribution in [2.75, 3.05) is 14.2 Å². The first kappa shape index (κ1) is 15.4. The number of carbonyl (C=O) groups is 2. The minimum absolute atomic E-state index is 0.499. The monoisotopic (exact) mass is 326 g/mol. The van der Waals surface area contributed by atoms with Crippen molar-refractivity contribution in [2.24, 2.45) is 5.92 Å². The van der Waals surface area contributed by atoms with Crippen LogP contribution in [-0.4, -0.2) is 26.2 Å². The van der Waals surface area contributed by atoms with Crippen LogP contribution in [0.2, 0.25) is 0 Å². The zero-order chi connectivity index (χ0) is 14.4. The van der Waals surface area contributed by atoms with Gasteiger partial charge in [0.2, 0.25) is 0 Å². The first-order valence-electron chi connectivity index (χ1n) is 5.58. The van der Waals surface area contributed by atoms with E-state index in [-0.39, 0.29) is 0 Å². The Morgan fingerprint density at radius 1 is 1.11 bits per heavy atom. The molecule has 0 amide bonds. The van der Waals surface area contributed by atoms with Gasteiger partial charge in [-0.3, -0.25) is 9.59 Å². The van der Waals surface area contributed by atoms with Gasteiger partial charge in [0.15, 0.2) is 5.92 Å². The van der Waals surface area contributed by atoms with Crippen LogP contribution >= 0.6 is 15.9 Å². The molecule has 0 saturated heterocycles. The lowest BCUT2D eigenvalue weighted by atomic mass is 9.93. The average molecular weight is 327 g/mol.